The zero-order chi connectivity index (χ0) is 36.9. The van der Waals surface area contributed by atoms with Crippen LogP contribution in [0.5, 0.6) is 0 Å². The molecule has 0 unspecified atom stereocenters. The van der Waals surface area contributed by atoms with E-state index >= 15 is 4.39 Å². The molecule has 1 saturated carbocycles. The SMILES string of the molecule is C[C@@H](O[C@H](C)C(F)(F)F)[C@H](N[S@](=O)C(C)(C)C)c1nc2cc([C@@H](C3CC3)N3C[C@@H](C(F)(F)F)NC3=O)cc(F)c2n1COCC[Si](C)(C)C. The van der Waals surface area contributed by atoms with Crippen LogP contribution in [0, 0.1) is 11.7 Å². The van der Waals surface area contributed by atoms with E-state index < -0.39 is 84.9 Å². The number of nitrogens with one attached hydrogen (secondary N) is 2. The fraction of sp³-hybridized carbons (Fsp3) is 0.742. The molecule has 2 aliphatic rings. The van der Waals surface area contributed by atoms with Gasteiger partial charge in [0.25, 0.3) is 0 Å². The first-order chi connectivity index (χ1) is 22.4. The standard InChI is InChI=1S/C31H46F7N5O4SSi/c1-17(47-18(2)30(33,34)35)24(41-48(45)29(3,4)5)27-39-22-14-20(13-21(32)26(22)43(27)16-46-11-12-49(6,7)8)25(19-9-10-19)42-15-23(31(36,37)38)40-28(42)44/h13-14,17-19,23-25,41H,9-12,15-16H2,1-8H3,(H,40,44)/t17-,18-,23+,24+,25-,48-/m1/s1. The third-order valence-electron chi connectivity index (χ3n) is 8.56. The van der Waals surface area contributed by atoms with Gasteiger partial charge in [0.05, 0.1) is 39.9 Å². The summed E-state index contributed by atoms with van der Waals surface area (Å²) in [5.74, 6) is -1.02. The van der Waals surface area contributed by atoms with Crippen LogP contribution in [0.15, 0.2) is 12.1 Å². The van der Waals surface area contributed by atoms with Crippen molar-refractivity contribution in [1.29, 1.82) is 0 Å². The molecule has 0 radical (unpaired) electrons. The summed E-state index contributed by atoms with van der Waals surface area (Å²) < 4.78 is 126. The number of imidazole rings is 1. The lowest BCUT2D eigenvalue weighted by atomic mass is 9.99. The van der Waals surface area contributed by atoms with Gasteiger partial charge in [-0.3, -0.25) is 4.57 Å². The minimum absolute atomic E-state index is 0.00227. The van der Waals surface area contributed by atoms with Gasteiger partial charge in [-0.2, -0.15) is 26.3 Å². The predicted octanol–water partition coefficient (Wildman–Crippen LogP) is 7.34. The first-order valence-corrected chi connectivity index (χ1v) is 21.1. The molecule has 2 aromatic rings. The maximum atomic E-state index is 16.3. The Morgan fingerprint density at radius 1 is 1.10 bits per heavy atom. The number of nitrogens with zero attached hydrogens (tertiary/aromatic N) is 3. The Morgan fingerprint density at radius 2 is 1.73 bits per heavy atom. The average molecular weight is 746 g/mol. The second-order valence-electron chi connectivity index (χ2n) is 15.1. The van der Waals surface area contributed by atoms with Gasteiger partial charge in [0.15, 0.2) is 6.10 Å². The van der Waals surface area contributed by atoms with Gasteiger partial charge in [0.1, 0.15) is 36.0 Å². The number of urea groups is 1. The Kier molecular flexibility index (Phi) is 11.6. The van der Waals surface area contributed by atoms with E-state index in [1.54, 1.807) is 20.8 Å². The van der Waals surface area contributed by atoms with Gasteiger partial charge >= 0.3 is 18.4 Å². The van der Waals surface area contributed by atoms with Crippen molar-refractivity contribution in [3.8, 4) is 0 Å². The molecule has 1 aromatic heterocycles. The van der Waals surface area contributed by atoms with Crippen LogP contribution >= 0.6 is 0 Å². The molecule has 2 N–H and O–H groups in total. The largest absolute Gasteiger partial charge is 0.414 e. The molecule has 6 atom stereocenters. The Bertz CT molecular complexity index is 1520. The van der Waals surface area contributed by atoms with Crippen LogP contribution in [0.4, 0.5) is 35.5 Å². The van der Waals surface area contributed by atoms with E-state index in [1.807, 2.05) is 5.32 Å². The smallest absolute Gasteiger partial charge is 0.364 e. The van der Waals surface area contributed by atoms with Crippen molar-refractivity contribution < 1.29 is 49.2 Å². The highest BCUT2D eigenvalue weighted by atomic mass is 32.2. The maximum absolute atomic E-state index is 16.3. The molecule has 2 fully saturated rings. The molecule has 1 saturated heterocycles. The quantitative estimate of drug-likeness (QED) is 0.120. The van der Waals surface area contributed by atoms with E-state index in [0.717, 1.165) is 23.9 Å². The molecule has 1 aliphatic carbocycles. The van der Waals surface area contributed by atoms with E-state index in [0.29, 0.717) is 19.4 Å². The van der Waals surface area contributed by atoms with E-state index in [9.17, 15) is 35.3 Å². The third kappa shape index (κ3) is 9.74. The number of hydrogen-bond donors (Lipinski definition) is 2. The first kappa shape index (κ1) is 39.5. The monoisotopic (exact) mass is 745 g/mol. The zero-order valence-electron chi connectivity index (χ0n) is 28.9. The van der Waals surface area contributed by atoms with Crippen LogP contribution < -0.4 is 10.0 Å². The molecule has 2 heterocycles. The van der Waals surface area contributed by atoms with Gasteiger partial charge in [-0.25, -0.2) is 23.1 Å². The molecular formula is C31H46F7N5O4SSi. The second kappa shape index (κ2) is 14.4. The summed E-state index contributed by atoms with van der Waals surface area (Å²) in [7, 11) is -3.39. The second-order valence-corrected chi connectivity index (χ2v) is 22.7. The number of amides is 2. The molecule has 9 nitrogen and oxygen atoms in total. The van der Waals surface area contributed by atoms with Crippen molar-refractivity contribution in [2.45, 2.75) is 127 Å². The Morgan fingerprint density at radius 3 is 2.24 bits per heavy atom. The van der Waals surface area contributed by atoms with Gasteiger partial charge in [-0.15, -0.1) is 0 Å². The van der Waals surface area contributed by atoms with Gasteiger partial charge in [0, 0.05) is 14.7 Å². The van der Waals surface area contributed by atoms with E-state index in [4.69, 9.17) is 9.47 Å². The number of ether oxygens (including phenoxy) is 2. The number of carbonyl (C=O) groups excluding carboxylic acids is 1. The fourth-order valence-corrected chi connectivity index (χ4v) is 7.20. The van der Waals surface area contributed by atoms with Gasteiger partial charge in [-0.05, 0) is 77.1 Å². The van der Waals surface area contributed by atoms with Crippen LogP contribution in [-0.4, -0.2) is 81.3 Å². The number of carbonyl (C=O) groups is 1. The van der Waals surface area contributed by atoms with Crippen molar-refractivity contribution in [2.75, 3.05) is 13.2 Å². The van der Waals surface area contributed by atoms with E-state index in [2.05, 4.69) is 29.3 Å². The number of benzene rings is 1. The third-order valence-corrected chi connectivity index (χ3v) is 11.8. The summed E-state index contributed by atoms with van der Waals surface area (Å²) in [6.07, 6.45) is -11.6. The number of rotatable bonds is 14. The zero-order valence-corrected chi connectivity index (χ0v) is 30.7. The van der Waals surface area contributed by atoms with Crippen LogP contribution in [-0.2, 0) is 27.2 Å². The van der Waals surface area contributed by atoms with Crippen molar-refractivity contribution >= 4 is 36.1 Å². The van der Waals surface area contributed by atoms with Crippen LogP contribution in [0.2, 0.25) is 25.7 Å². The lowest BCUT2D eigenvalue weighted by Gasteiger charge is -2.30. The molecule has 2 amide bonds. The highest BCUT2D eigenvalue weighted by Crippen LogP contribution is 2.47. The number of alkyl halides is 6. The molecular weight excluding hydrogens is 700 g/mol. The highest BCUT2D eigenvalue weighted by Gasteiger charge is 2.51. The summed E-state index contributed by atoms with van der Waals surface area (Å²) in [4.78, 5) is 18.5. The molecule has 4 rings (SSSR count). The summed E-state index contributed by atoms with van der Waals surface area (Å²) in [5, 5.41) is 1.97. The van der Waals surface area contributed by atoms with Crippen LogP contribution in [0.25, 0.3) is 11.0 Å². The minimum atomic E-state index is -4.70. The minimum Gasteiger partial charge on any atom is -0.364 e. The lowest BCUT2D eigenvalue weighted by Crippen LogP contribution is -2.43. The predicted molar refractivity (Wildman–Crippen MR) is 174 cm³/mol. The number of hydrogen-bond acceptors (Lipinski definition) is 5. The van der Waals surface area contributed by atoms with Gasteiger partial charge < -0.3 is 19.7 Å². The molecule has 1 aliphatic heterocycles. The summed E-state index contributed by atoms with van der Waals surface area (Å²) >= 11 is 0. The maximum Gasteiger partial charge on any atom is 0.414 e. The summed E-state index contributed by atoms with van der Waals surface area (Å²) in [6, 6.07) is -1.71. The Hall–Kier alpha value is -2.28. The van der Waals surface area contributed by atoms with Crippen LogP contribution in [0.1, 0.15) is 70.9 Å². The number of aromatic nitrogens is 2. The van der Waals surface area contributed by atoms with Gasteiger partial charge in [0.2, 0.25) is 0 Å². The Balaban J connectivity index is 1.83. The van der Waals surface area contributed by atoms with Crippen molar-refractivity contribution in [1.82, 2.24) is 24.5 Å². The first-order valence-electron chi connectivity index (χ1n) is 16.2. The molecule has 278 valence electrons. The van der Waals surface area contributed by atoms with E-state index in [-0.39, 0.29) is 35.1 Å². The topological polar surface area (TPSA) is 97.7 Å². The van der Waals surface area contributed by atoms with E-state index in [1.165, 1.54) is 17.6 Å². The number of fused-ring (bicyclic) bond motifs is 1. The molecule has 0 spiro atoms. The summed E-state index contributed by atoms with van der Waals surface area (Å²) in [6.45, 7) is 13.1. The molecule has 49 heavy (non-hydrogen) atoms. The summed E-state index contributed by atoms with van der Waals surface area (Å²) in [5.41, 5.74) is 0.213. The van der Waals surface area contributed by atoms with Crippen LogP contribution in [0.3, 0.4) is 0 Å². The molecule has 1 aromatic carbocycles. The fourth-order valence-electron chi connectivity index (χ4n) is 5.56. The average Bonchev–Trinajstić information content (AvgIpc) is 3.59. The molecule has 18 heteroatoms. The molecule has 0 bridgehead atoms. The van der Waals surface area contributed by atoms with Crippen molar-refractivity contribution in [3.05, 3.63) is 29.3 Å². The normalized spacial score (nSPS) is 21.2. The lowest BCUT2D eigenvalue weighted by molar-refractivity contribution is -0.227. The highest BCUT2D eigenvalue weighted by molar-refractivity contribution is 7.84. The van der Waals surface area contributed by atoms with Crippen molar-refractivity contribution in [2.24, 2.45) is 5.92 Å². The van der Waals surface area contributed by atoms with Gasteiger partial charge in [-0.1, -0.05) is 19.6 Å². The number of halogens is 7. The Labute approximate surface area is 285 Å². The van der Waals surface area contributed by atoms with Crippen molar-refractivity contribution in [3.63, 3.8) is 0 Å².